The first kappa shape index (κ1) is 9.91. The molecule has 2 aromatic rings. The van der Waals surface area contributed by atoms with E-state index in [1.165, 1.54) is 29.4 Å². The molecule has 1 aromatic carbocycles. The van der Waals surface area contributed by atoms with Crippen molar-refractivity contribution >= 4 is 11.0 Å². The largest absolute Gasteiger partial charge is 0.459 e. The zero-order valence-corrected chi connectivity index (χ0v) is 9.79. The van der Waals surface area contributed by atoms with Crippen LogP contribution in [0.5, 0.6) is 0 Å². The van der Waals surface area contributed by atoms with Crippen molar-refractivity contribution < 1.29 is 4.42 Å². The van der Waals surface area contributed by atoms with Crippen molar-refractivity contribution in [1.29, 1.82) is 0 Å². The molecule has 1 unspecified atom stereocenters. The van der Waals surface area contributed by atoms with E-state index in [1.54, 1.807) is 0 Å². The van der Waals surface area contributed by atoms with Crippen LogP contribution in [0.4, 0.5) is 0 Å². The Labute approximate surface area is 95.4 Å². The Kier molecular flexibility index (Phi) is 2.08. The molecule has 0 spiro atoms. The number of hydrogen-bond acceptors (Lipinski definition) is 2. The first-order valence-corrected chi connectivity index (χ1v) is 5.92. The Morgan fingerprint density at radius 1 is 1.25 bits per heavy atom. The van der Waals surface area contributed by atoms with Gasteiger partial charge >= 0.3 is 0 Å². The van der Waals surface area contributed by atoms with E-state index >= 15 is 0 Å². The molecule has 1 aliphatic rings. The molecule has 16 heavy (non-hydrogen) atoms. The van der Waals surface area contributed by atoms with Gasteiger partial charge in [-0.25, -0.2) is 0 Å². The molecule has 0 bridgehead atoms. The molecule has 2 heteroatoms. The first-order valence-electron chi connectivity index (χ1n) is 5.92. The summed E-state index contributed by atoms with van der Waals surface area (Å²) in [4.78, 5) is 0. The fourth-order valence-corrected chi connectivity index (χ4v) is 2.26. The minimum absolute atomic E-state index is 0.0891. The molecule has 1 aromatic heterocycles. The second kappa shape index (κ2) is 3.36. The fourth-order valence-electron chi connectivity index (χ4n) is 2.26. The second-order valence-corrected chi connectivity index (χ2v) is 4.95. The maximum Gasteiger partial charge on any atom is 0.137 e. The van der Waals surface area contributed by atoms with Gasteiger partial charge in [-0.2, -0.15) is 0 Å². The van der Waals surface area contributed by atoms with E-state index in [1.807, 2.05) is 0 Å². The van der Waals surface area contributed by atoms with E-state index in [4.69, 9.17) is 10.2 Å². The molecule has 0 aliphatic heterocycles. The van der Waals surface area contributed by atoms with Gasteiger partial charge in [-0.3, -0.25) is 0 Å². The van der Waals surface area contributed by atoms with Crippen LogP contribution in [0.25, 0.3) is 11.0 Å². The van der Waals surface area contributed by atoms with Crippen LogP contribution in [0.1, 0.15) is 35.8 Å². The van der Waals surface area contributed by atoms with Crippen LogP contribution in [0.2, 0.25) is 0 Å². The molecular formula is C14H17NO. The predicted molar refractivity (Wildman–Crippen MR) is 65.3 cm³/mol. The molecule has 2 N–H and O–H groups in total. The maximum absolute atomic E-state index is 6.17. The zero-order valence-electron chi connectivity index (χ0n) is 9.79. The average molecular weight is 215 g/mol. The topological polar surface area (TPSA) is 39.2 Å². The van der Waals surface area contributed by atoms with Gasteiger partial charge in [-0.05, 0) is 49.8 Å². The van der Waals surface area contributed by atoms with Crippen molar-refractivity contribution in [2.75, 3.05) is 0 Å². The Morgan fingerprint density at radius 2 is 1.94 bits per heavy atom. The molecule has 0 radical (unpaired) electrons. The highest BCUT2D eigenvalue weighted by Crippen LogP contribution is 2.41. The number of aryl methyl sites for hydroxylation is 2. The minimum Gasteiger partial charge on any atom is -0.459 e. The van der Waals surface area contributed by atoms with E-state index in [9.17, 15) is 0 Å². The Hall–Kier alpha value is -1.28. The van der Waals surface area contributed by atoms with Crippen molar-refractivity contribution in [3.8, 4) is 0 Å². The highest BCUT2D eigenvalue weighted by molar-refractivity contribution is 5.84. The van der Waals surface area contributed by atoms with E-state index in [2.05, 4.69) is 32.0 Å². The average Bonchev–Trinajstić information content (AvgIpc) is 3.01. The third-order valence-electron chi connectivity index (χ3n) is 3.58. The van der Waals surface area contributed by atoms with Gasteiger partial charge in [0.1, 0.15) is 11.3 Å². The van der Waals surface area contributed by atoms with Crippen molar-refractivity contribution in [3.05, 3.63) is 35.1 Å². The Balaban J connectivity index is 2.14. The number of hydrogen-bond donors (Lipinski definition) is 1. The molecule has 1 aliphatic carbocycles. The quantitative estimate of drug-likeness (QED) is 0.833. The highest BCUT2D eigenvalue weighted by atomic mass is 16.3. The van der Waals surface area contributed by atoms with Gasteiger partial charge in [0.05, 0.1) is 6.04 Å². The SMILES string of the molecule is Cc1ccc(C)c2oc(C(N)C3CC3)cc12. The standard InChI is InChI=1S/C14H17NO/c1-8-3-4-9(2)14-11(8)7-12(16-14)13(15)10-5-6-10/h3-4,7,10,13H,5-6,15H2,1-2H3. The summed E-state index contributed by atoms with van der Waals surface area (Å²) in [5, 5.41) is 1.21. The second-order valence-electron chi connectivity index (χ2n) is 4.95. The van der Waals surface area contributed by atoms with E-state index in [0.717, 1.165) is 11.3 Å². The lowest BCUT2D eigenvalue weighted by Gasteiger charge is -2.04. The van der Waals surface area contributed by atoms with Gasteiger partial charge < -0.3 is 10.2 Å². The molecule has 1 atom stereocenters. The van der Waals surface area contributed by atoms with Crippen molar-refractivity contribution in [1.82, 2.24) is 0 Å². The highest BCUT2D eigenvalue weighted by Gasteiger charge is 2.31. The lowest BCUT2D eigenvalue weighted by atomic mass is 10.1. The summed E-state index contributed by atoms with van der Waals surface area (Å²) in [7, 11) is 0. The van der Waals surface area contributed by atoms with Crippen LogP contribution < -0.4 is 5.73 Å². The van der Waals surface area contributed by atoms with E-state index in [-0.39, 0.29) is 6.04 Å². The number of rotatable bonds is 2. The van der Waals surface area contributed by atoms with Crippen molar-refractivity contribution in [3.63, 3.8) is 0 Å². The van der Waals surface area contributed by atoms with Crippen molar-refractivity contribution in [2.24, 2.45) is 11.7 Å². The van der Waals surface area contributed by atoms with Crippen LogP contribution in [0.3, 0.4) is 0 Å². The monoisotopic (exact) mass is 215 g/mol. The van der Waals surface area contributed by atoms with Crippen LogP contribution >= 0.6 is 0 Å². The third-order valence-corrected chi connectivity index (χ3v) is 3.58. The van der Waals surface area contributed by atoms with Gasteiger partial charge in [0.2, 0.25) is 0 Å². The van der Waals surface area contributed by atoms with Gasteiger partial charge in [0.25, 0.3) is 0 Å². The molecule has 1 fully saturated rings. The maximum atomic E-state index is 6.17. The summed E-state index contributed by atoms with van der Waals surface area (Å²) in [6.45, 7) is 4.20. The van der Waals surface area contributed by atoms with Gasteiger partial charge in [-0.1, -0.05) is 12.1 Å². The summed E-state index contributed by atoms with van der Waals surface area (Å²) in [6, 6.07) is 6.46. The summed E-state index contributed by atoms with van der Waals surface area (Å²) in [5.74, 6) is 1.59. The smallest absolute Gasteiger partial charge is 0.137 e. The molecule has 0 amide bonds. The number of nitrogens with two attached hydrogens (primary N) is 1. The molecular weight excluding hydrogens is 198 g/mol. The van der Waals surface area contributed by atoms with Crippen molar-refractivity contribution in [2.45, 2.75) is 32.7 Å². The van der Waals surface area contributed by atoms with Gasteiger partial charge in [0, 0.05) is 5.39 Å². The first-order chi connectivity index (χ1) is 7.66. The number of furan rings is 1. The normalized spacial score (nSPS) is 17.9. The lowest BCUT2D eigenvalue weighted by Crippen LogP contribution is -2.10. The van der Waals surface area contributed by atoms with Gasteiger partial charge in [0.15, 0.2) is 0 Å². The summed E-state index contributed by atoms with van der Waals surface area (Å²) in [6.07, 6.45) is 2.49. The zero-order chi connectivity index (χ0) is 11.3. The Bertz CT molecular complexity index is 498. The molecule has 0 saturated heterocycles. The molecule has 84 valence electrons. The predicted octanol–water partition coefficient (Wildman–Crippen LogP) is 3.46. The van der Waals surface area contributed by atoms with E-state index < -0.39 is 0 Å². The van der Waals surface area contributed by atoms with Crippen LogP contribution in [0, 0.1) is 19.8 Å². The third kappa shape index (κ3) is 1.45. The molecule has 1 saturated carbocycles. The lowest BCUT2D eigenvalue weighted by molar-refractivity contribution is 0.466. The Morgan fingerprint density at radius 3 is 2.56 bits per heavy atom. The van der Waals surface area contributed by atoms with Crippen LogP contribution in [0.15, 0.2) is 22.6 Å². The van der Waals surface area contributed by atoms with Crippen LogP contribution in [-0.4, -0.2) is 0 Å². The number of benzene rings is 1. The minimum atomic E-state index is 0.0891. The molecule has 1 heterocycles. The fraction of sp³-hybridized carbons (Fsp3) is 0.429. The van der Waals surface area contributed by atoms with Gasteiger partial charge in [-0.15, -0.1) is 0 Å². The summed E-state index contributed by atoms with van der Waals surface area (Å²) >= 11 is 0. The molecule has 2 nitrogen and oxygen atoms in total. The van der Waals surface area contributed by atoms with E-state index in [0.29, 0.717) is 5.92 Å². The van der Waals surface area contributed by atoms with Crippen LogP contribution in [-0.2, 0) is 0 Å². The summed E-state index contributed by atoms with van der Waals surface area (Å²) < 4.78 is 5.92. The molecule has 3 rings (SSSR count). The number of fused-ring (bicyclic) bond motifs is 1. The summed E-state index contributed by atoms with van der Waals surface area (Å²) in [5.41, 5.74) is 9.63.